The molecule has 2 rings (SSSR count). The largest absolute Gasteiger partial charge is 0.483 e. The third-order valence-corrected chi connectivity index (χ3v) is 3.56. The molecule has 0 aliphatic heterocycles. The second-order valence-corrected chi connectivity index (χ2v) is 5.41. The smallest absolute Gasteiger partial charge is 0.337 e. The molecular weight excluding hydrogens is 322 g/mol. The number of esters is 1. The average molecular weight is 341 g/mol. The Morgan fingerprint density at radius 1 is 1.08 bits per heavy atom. The van der Waals surface area contributed by atoms with Crippen LogP contribution in [-0.4, -0.2) is 31.4 Å². The topological polar surface area (TPSA) is 81.7 Å². The first kappa shape index (κ1) is 18.2. The van der Waals surface area contributed by atoms with Gasteiger partial charge in [0.25, 0.3) is 5.91 Å². The highest BCUT2D eigenvalue weighted by atomic mass is 16.5. The van der Waals surface area contributed by atoms with E-state index in [9.17, 15) is 14.4 Å². The summed E-state index contributed by atoms with van der Waals surface area (Å²) >= 11 is 0. The van der Waals surface area contributed by atoms with Crippen LogP contribution in [0, 0.1) is 6.92 Å². The molecule has 0 saturated heterocycles. The number of carbonyl (C=O) groups excluding carboxylic acids is 3. The Bertz CT molecular complexity index is 813. The third-order valence-electron chi connectivity index (χ3n) is 3.56. The predicted molar refractivity (Wildman–Crippen MR) is 93.1 cm³/mol. The predicted octanol–water partition coefficient (Wildman–Crippen LogP) is 3.00. The lowest BCUT2D eigenvalue weighted by Gasteiger charge is -2.12. The van der Waals surface area contributed by atoms with Gasteiger partial charge in [0.15, 0.2) is 12.4 Å². The molecule has 25 heavy (non-hydrogen) atoms. The molecule has 1 amide bonds. The molecule has 0 unspecified atom stereocenters. The minimum atomic E-state index is -0.484. The number of anilines is 1. The first-order valence-corrected chi connectivity index (χ1v) is 7.64. The van der Waals surface area contributed by atoms with Crippen molar-refractivity contribution in [3.8, 4) is 5.75 Å². The maximum absolute atomic E-state index is 12.1. The fourth-order valence-corrected chi connectivity index (χ4v) is 2.21. The van der Waals surface area contributed by atoms with E-state index in [2.05, 4.69) is 10.1 Å². The van der Waals surface area contributed by atoms with Crippen molar-refractivity contribution in [2.24, 2.45) is 0 Å². The third kappa shape index (κ3) is 4.67. The zero-order valence-electron chi connectivity index (χ0n) is 14.3. The second-order valence-electron chi connectivity index (χ2n) is 5.41. The number of benzene rings is 2. The Labute approximate surface area is 145 Å². The molecule has 0 aliphatic rings. The van der Waals surface area contributed by atoms with Crippen LogP contribution in [0.25, 0.3) is 0 Å². The molecule has 0 heterocycles. The van der Waals surface area contributed by atoms with Gasteiger partial charge in [-0.05, 0) is 43.7 Å². The van der Waals surface area contributed by atoms with Gasteiger partial charge < -0.3 is 14.8 Å². The van der Waals surface area contributed by atoms with Crippen LogP contribution in [0.15, 0.2) is 42.5 Å². The first-order chi connectivity index (χ1) is 11.9. The molecule has 0 atom stereocenters. The summed E-state index contributed by atoms with van der Waals surface area (Å²) in [6.07, 6.45) is 0. The summed E-state index contributed by atoms with van der Waals surface area (Å²) in [7, 11) is 1.29. The van der Waals surface area contributed by atoms with Crippen molar-refractivity contribution in [2.45, 2.75) is 13.8 Å². The second kappa shape index (κ2) is 8.10. The zero-order valence-corrected chi connectivity index (χ0v) is 14.3. The van der Waals surface area contributed by atoms with Crippen LogP contribution < -0.4 is 10.1 Å². The summed E-state index contributed by atoms with van der Waals surface area (Å²) in [5.74, 6) is -0.673. The van der Waals surface area contributed by atoms with E-state index in [0.29, 0.717) is 22.6 Å². The number of Topliss-reactive ketones (excluding diaryl/α,β-unsaturated/α-hetero) is 1. The highest BCUT2D eigenvalue weighted by Gasteiger charge is 2.12. The Morgan fingerprint density at radius 2 is 1.80 bits per heavy atom. The van der Waals surface area contributed by atoms with E-state index in [0.717, 1.165) is 5.56 Å². The minimum Gasteiger partial charge on any atom is -0.483 e. The number of hydrogen-bond donors (Lipinski definition) is 1. The molecule has 0 radical (unpaired) electrons. The van der Waals surface area contributed by atoms with E-state index in [1.807, 2.05) is 6.92 Å². The van der Waals surface area contributed by atoms with Gasteiger partial charge in [0, 0.05) is 5.69 Å². The van der Waals surface area contributed by atoms with Crippen molar-refractivity contribution in [3.63, 3.8) is 0 Å². The van der Waals surface area contributed by atoms with Crippen LogP contribution in [0.4, 0.5) is 5.69 Å². The van der Waals surface area contributed by atoms with Crippen molar-refractivity contribution in [1.82, 2.24) is 0 Å². The molecule has 6 heteroatoms. The standard InChI is InChI=1S/C19H19NO5/c1-12-8-9-14(19(23)24-3)10-16(12)20-18(22)11-25-17-7-5-4-6-15(17)13(2)21/h4-10H,11H2,1-3H3,(H,20,22). The van der Waals surface area contributed by atoms with E-state index >= 15 is 0 Å². The van der Waals surface area contributed by atoms with Crippen molar-refractivity contribution < 1.29 is 23.9 Å². The van der Waals surface area contributed by atoms with Crippen LogP contribution in [0.1, 0.15) is 33.2 Å². The van der Waals surface area contributed by atoms with E-state index in [1.165, 1.54) is 14.0 Å². The van der Waals surface area contributed by atoms with E-state index < -0.39 is 11.9 Å². The van der Waals surface area contributed by atoms with Crippen molar-refractivity contribution >= 4 is 23.3 Å². The lowest BCUT2D eigenvalue weighted by molar-refractivity contribution is -0.118. The molecule has 0 spiro atoms. The number of ether oxygens (including phenoxy) is 2. The summed E-state index contributed by atoms with van der Waals surface area (Å²) in [6.45, 7) is 2.98. The fourth-order valence-electron chi connectivity index (χ4n) is 2.21. The van der Waals surface area contributed by atoms with Crippen LogP contribution in [0.2, 0.25) is 0 Å². The number of para-hydroxylation sites is 1. The van der Waals surface area contributed by atoms with Crippen LogP contribution in [-0.2, 0) is 9.53 Å². The molecule has 130 valence electrons. The van der Waals surface area contributed by atoms with E-state index in [-0.39, 0.29) is 12.4 Å². The van der Waals surface area contributed by atoms with Gasteiger partial charge in [0.2, 0.25) is 0 Å². The number of carbonyl (C=O) groups is 3. The Kier molecular flexibility index (Phi) is 5.89. The van der Waals surface area contributed by atoms with Gasteiger partial charge in [0.1, 0.15) is 5.75 Å². The van der Waals surface area contributed by atoms with Crippen LogP contribution in [0.3, 0.4) is 0 Å². The molecule has 0 bridgehead atoms. The molecule has 2 aromatic carbocycles. The number of methoxy groups -OCH3 is 1. The van der Waals surface area contributed by atoms with Gasteiger partial charge in [-0.2, -0.15) is 0 Å². The normalized spacial score (nSPS) is 10.0. The highest BCUT2D eigenvalue weighted by molar-refractivity contribution is 5.98. The van der Waals surface area contributed by atoms with Crippen LogP contribution in [0.5, 0.6) is 5.75 Å². The molecule has 6 nitrogen and oxygen atoms in total. The Hall–Kier alpha value is -3.15. The van der Waals surface area contributed by atoms with Crippen molar-refractivity contribution in [3.05, 3.63) is 59.2 Å². The summed E-state index contributed by atoms with van der Waals surface area (Å²) in [6, 6.07) is 11.6. The first-order valence-electron chi connectivity index (χ1n) is 7.64. The maximum Gasteiger partial charge on any atom is 0.337 e. The summed E-state index contributed by atoms with van der Waals surface area (Å²) < 4.78 is 10.1. The number of ketones is 1. The van der Waals surface area contributed by atoms with E-state index in [4.69, 9.17) is 4.74 Å². The van der Waals surface area contributed by atoms with Crippen LogP contribution >= 0.6 is 0 Å². The summed E-state index contributed by atoms with van der Waals surface area (Å²) in [4.78, 5) is 35.3. The number of nitrogens with one attached hydrogen (secondary N) is 1. The Morgan fingerprint density at radius 3 is 2.48 bits per heavy atom. The van der Waals surface area contributed by atoms with Gasteiger partial charge in [-0.25, -0.2) is 4.79 Å². The summed E-state index contributed by atoms with van der Waals surface area (Å²) in [5.41, 5.74) is 2.05. The lowest BCUT2D eigenvalue weighted by Crippen LogP contribution is -2.21. The summed E-state index contributed by atoms with van der Waals surface area (Å²) in [5, 5.41) is 2.69. The number of rotatable bonds is 6. The molecular formula is C19H19NO5. The van der Waals surface area contributed by atoms with Crippen molar-refractivity contribution in [2.75, 3.05) is 19.0 Å². The average Bonchev–Trinajstić information content (AvgIpc) is 2.61. The molecule has 0 saturated carbocycles. The maximum atomic E-state index is 12.1. The number of aryl methyl sites for hydroxylation is 1. The number of amides is 1. The van der Waals surface area contributed by atoms with Gasteiger partial charge in [0.05, 0.1) is 18.2 Å². The molecule has 1 N–H and O–H groups in total. The molecule has 0 aromatic heterocycles. The SMILES string of the molecule is COC(=O)c1ccc(C)c(NC(=O)COc2ccccc2C(C)=O)c1. The molecule has 0 fully saturated rings. The quantitative estimate of drug-likeness (QED) is 0.645. The fraction of sp³-hybridized carbons (Fsp3) is 0.211. The van der Waals surface area contributed by atoms with Gasteiger partial charge >= 0.3 is 5.97 Å². The van der Waals surface area contributed by atoms with Crippen molar-refractivity contribution in [1.29, 1.82) is 0 Å². The molecule has 2 aromatic rings. The van der Waals surface area contributed by atoms with E-state index in [1.54, 1.807) is 42.5 Å². The Balaban J connectivity index is 2.06. The lowest BCUT2D eigenvalue weighted by atomic mass is 10.1. The van der Waals surface area contributed by atoms with Gasteiger partial charge in [-0.3, -0.25) is 9.59 Å². The van der Waals surface area contributed by atoms with Gasteiger partial charge in [-0.1, -0.05) is 18.2 Å². The number of hydrogen-bond acceptors (Lipinski definition) is 5. The molecule has 0 aliphatic carbocycles. The van der Waals surface area contributed by atoms with Gasteiger partial charge in [-0.15, -0.1) is 0 Å². The monoisotopic (exact) mass is 341 g/mol. The highest BCUT2D eigenvalue weighted by Crippen LogP contribution is 2.20. The minimum absolute atomic E-state index is 0.141. The zero-order chi connectivity index (χ0) is 18.4.